The van der Waals surface area contributed by atoms with Gasteiger partial charge in [0.2, 0.25) is 0 Å². The van der Waals surface area contributed by atoms with Gasteiger partial charge in [-0.05, 0) is 88.3 Å². The zero-order chi connectivity index (χ0) is 26.8. The number of allylic oxidation sites excluding steroid dienone is 4. The molecule has 208 valence electrons. The molecule has 0 spiro atoms. The van der Waals surface area contributed by atoms with Gasteiger partial charge in [-0.25, -0.2) is 0 Å². The minimum absolute atomic E-state index is 0.266. The second kappa shape index (κ2) is 17.9. The zero-order valence-electron chi connectivity index (χ0n) is 24.0. The third kappa shape index (κ3) is 10.3. The van der Waals surface area contributed by atoms with Crippen LogP contribution >= 0.6 is 0 Å². The molecule has 0 fully saturated rings. The van der Waals surface area contributed by atoms with E-state index in [0.717, 1.165) is 89.3 Å². The molecule has 0 saturated heterocycles. The first-order chi connectivity index (χ1) is 18.7. The van der Waals surface area contributed by atoms with Crippen molar-refractivity contribution < 1.29 is 9.47 Å². The summed E-state index contributed by atoms with van der Waals surface area (Å²) in [6.07, 6.45) is 15.8. The van der Waals surface area contributed by atoms with Gasteiger partial charge in [0.1, 0.15) is 0 Å². The number of benzene rings is 2. The van der Waals surface area contributed by atoms with Crippen molar-refractivity contribution in [3.05, 3.63) is 83.5 Å². The van der Waals surface area contributed by atoms with Crippen LogP contribution in [0.15, 0.2) is 72.3 Å². The van der Waals surface area contributed by atoms with Crippen LogP contribution in [0.3, 0.4) is 0 Å². The fourth-order valence-electron chi connectivity index (χ4n) is 4.86. The van der Waals surface area contributed by atoms with Crippen LogP contribution in [0.25, 0.3) is 0 Å². The van der Waals surface area contributed by atoms with Crippen LogP contribution in [0.2, 0.25) is 0 Å². The molecule has 4 nitrogen and oxygen atoms in total. The fraction of sp³-hybridized carbons (Fsp3) is 0.529. The maximum Gasteiger partial charge on any atom is 0.161 e. The summed E-state index contributed by atoms with van der Waals surface area (Å²) < 4.78 is 12.1. The standard InChI is InChI=1S/C34H50N2O2/c1-4-6-25-37-33-20-19-31(27-34(33)38-26-7-5-2)28(3)36-23-14-22-35-24-21-32(29-15-10-8-11-16-29)30-17-12-9-13-18-30/h8-12,15-17,19-20,27-28,32,35-36H,4-7,13-14,18,21-26H2,1-3H3. The second-order valence-electron chi connectivity index (χ2n) is 10.3. The largest absolute Gasteiger partial charge is 0.490 e. The number of unbranched alkanes of at least 4 members (excludes halogenated alkanes) is 2. The third-order valence-corrected chi connectivity index (χ3v) is 7.26. The van der Waals surface area contributed by atoms with Gasteiger partial charge in [-0.2, -0.15) is 0 Å². The van der Waals surface area contributed by atoms with Gasteiger partial charge in [-0.3, -0.25) is 0 Å². The lowest BCUT2D eigenvalue weighted by molar-refractivity contribution is 0.261. The molecular formula is C34H50N2O2. The molecule has 2 aromatic carbocycles. The minimum atomic E-state index is 0.266. The maximum atomic E-state index is 6.09. The molecule has 0 amide bonds. The van der Waals surface area contributed by atoms with Gasteiger partial charge in [-0.1, -0.05) is 86.9 Å². The van der Waals surface area contributed by atoms with E-state index >= 15 is 0 Å². The lowest BCUT2D eigenvalue weighted by atomic mass is 9.84. The number of ether oxygens (including phenoxy) is 2. The first kappa shape index (κ1) is 30.0. The normalized spacial score (nSPS) is 14.7. The molecule has 1 aliphatic carbocycles. The highest BCUT2D eigenvalue weighted by atomic mass is 16.5. The summed E-state index contributed by atoms with van der Waals surface area (Å²) in [4.78, 5) is 0. The first-order valence-electron chi connectivity index (χ1n) is 15.0. The summed E-state index contributed by atoms with van der Waals surface area (Å²) in [7, 11) is 0. The Morgan fingerprint density at radius 1 is 0.816 bits per heavy atom. The summed E-state index contributed by atoms with van der Waals surface area (Å²) in [5.41, 5.74) is 4.25. The average Bonchev–Trinajstić information content (AvgIpc) is 2.96. The molecule has 2 N–H and O–H groups in total. The Hall–Kier alpha value is -2.56. The van der Waals surface area contributed by atoms with Crippen molar-refractivity contribution in [2.75, 3.05) is 32.8 Å². The van der Waals surface area contributed by atoms with E-state index in [1.54, 1.807) is 5.57 Å². The van der Waals surface area contributed by atoms with E-state index in [0.29, 0.717) is 5.92 Å². The average molecular weight is 519 g/mol. The summed E-state index contributed by atoms with van der Waals surface area (Å²) in [6.45, 7) is 11.1. The van der Waals surface area contributed by atoms with E-state index in [-0.39, 0.29) is 6.04 Å². The van der Waals surface area contributed by atoms with Crippen LogP contribution in [0.1, 0.15) is 95.2 Å². The lowest BCUT2D eigenvalue weighted by Gasteiger charge is -2.22. The highest BCUT2D eigenvalue weighted by Crippen LogP contribution is 2.33. The van der Waals surface area contributed by atoms with E-state index in [9.17, 15) is 0 Å². The smallest absolute Gasteiger partial charge is 0.161 e. The molecule has 0 aromatic heterocycles. The van der Waals surface area contributed by atoms with E-state index in [4.69, 9.17) is 9.47 Å². The van der Waals surface area contributed by atoms with Crippen molar-refractivity contribution >= 4 is 0 Å². The molecule has 0 saturated carbocycles. The summed E-state index contributed by atoms with van der Waals surface area (Å²) in [5.74, 6) is 2.25. The molecule has 0 radical (unpaired) electrons. The second-order valence-corrected chi connectivity index (χ2v) is 10.3. The Kier molecular flexibility index (Phi) is 14.1. The van der Waals surface area contributed by atoms with Crippen molar-refractivity contribution in [2.24, 2.45) is 0 Å². The Morgan fingerprint density at radius 2 is 1.58 bits per heavy atom. The highest BCUT2D eigenvalue weighted by Gasteiger charge is 2.17. The molecule has 0 bridgehead atoms. The van der Waals surface area contributed by atoms with Crippen molar-refractivity contribution in [1.29, 1.82) is 0 Å². The first-order valence-corrected chi connectivity index (χ1v) is 15.0. The van der Waals surface area contributed by atoms with E-state index < -0.39 is 0 Å². The molecule has 4 heteroatoms. The predicted octanol–water partition coefficient (Wildman–Crippen LogP) is 8.13. The van der Waals surface area contributed by atoms with Crippen molar-refractivity contribution in [1.82, 2.24) is 10.6 Å². The van der Waals surface area contributed by atoms with Gasteiger partial charge in [0.05, 0.1) is 13.2 Å². The molecule has 2 atom stereocenters. The van der Waals surface area contributed by atoms with Gasteiger partial charge in [0, 0.05) is 12.0 Å². The van der Waals surface area contributed by atoms with Crippen LogP contribution in [-0.4, -0.2) is 32.8 Å². The summed E-state index contributed by atoms with van der Waals surface area (Å²) in [5, 5.41) is 7.38. The SMILES string of the molecule is CCCCOc1ccc(C(C)NCCCNCCC(C2=CC=CCC2)c2ccccc2)cc1OCCCC. The van der Waals surface area contributed by atoms with E-state index in [1.807, 2.05) is 0 Å². The fourth-order valence-corrected chi connectivity index (χ4v) is 4.86. The number of hydrogen-bond acceptors (Lipinski definition) is 4. The lowest BCUT2D eigenvalue weighted by Crippen LogP contribution is -2.25. The molecule has 38 heavy (non-hydrogen) atoms. The van der Waals surface area contributed by atoms with Gasteiger partial charge in [0.15, 0.2) is 11.5 Å². The number of hydrogen-bond donors (Lipinski definition) is 2. The van der Waals surface area contributed by atoms with Crippen LogP contribution in [0, 0.1) is 0 Å². The van der Waals surface area contributed by atoms with Crippen LogP contribution in [-0.2, 0) is 0 Å². The van der Waals surface area contributed by atoms with Crippen LogP contribution in [0.5, 0.6) is 11.5 Å². The summed E-state index contributed by atoms with van der Waals surface area (Å²) >= 11 is 0. The molecule has 1 aliphatic rings. The minimum Gasteiger partial charge on any atom is -0.490 e. The van der Waals surface area contributed by atoms with Gasteiger partial charge in [0.25, 0.3) is 0 Å². The highest BCUT2D eigenvalue weighted by molar-refractivity contribution is 5.44. The maximum absolute atomic E-state index is 6.09. The van der Waals surface area contributed by atoms with Crippen molar-refractivity contribution in [3.63, 3.8) is 0 Å². The van der Waals surface area contributed by atoms with Crippen LogP contribution < -0.4 is 20.1 Å². The monoisotopic (exact) mass is 518 g/mol. The van der Waals surface area contributed by atoms with E-state index in [1.165, 1.54) is 17.5 Å². The van der Waals surface area contributed by atoms with Crippen molar-refractivity contribution in [3.8, 4) is 11.5 Å². The molecule has 2 aromatic rings. The quantitative estimate of drug-likeness (QED) is 0.184. The molecular weight excluding hydrogens is 468 g/mol. The predicted molar refractivity (Wildman–Crippen MR) is 161 cm³/mol. The Balaban J connectivity index is 1.41. The van der Waals surface area contributed by atoms with Gasteiger partial charge >= 0.3 is 0 Å². The van der Waals surface area contributed by atoms with E-state index in [2.05, 4.69) is 98.2 Å². The zero-order valence-corrected chi connectivity index (χ0v) is 24.0. The molecule has 0 heterocycles. The third-order valence-electron chi connectivity index (χ3n) is 7.26. The van der Waals surface area contributed by atoms with Crippen molar-refractivity contribution in [2.45, 2.75) is 84.1 Å². The molecule has 0 aliphatic heterocycles. The topological polar surface area (TPSA) is 42.5 Å². The Labute approximate surface area is 231 Å². The Bertz CT molecular complexity index is 970. The van der Waals surface area contributed by atoms with Gasteiger partial charge in [-0.15, -0.1) is 0 Å². The number of nitrogens with one attached hydrogen (secondary N) is 2. The Morgan fingerprint density at radius 3 is 2.29 bits per heavy atom. The summed E-state index contributed by atoms with van der Waals surface area (Å²) in [6, 6.07) is 17.7. The number of rotatable bonds is 19. The molecule has 3 rings (SSSR count). The molecule has 2 unspecified atom stereocenters. The van der Waals surface area contributed by atoms with Crippen LogP contribution in [0.4, 0.5) is 0 Å². The van der Waals surface area contributed by atoms with Gasteiger partial charge < -0.3 is 20.1 Å².